The molecule has 0 spiro atoms. The number of rotatable bonds is 5. The van der Waals surface area contributed by atoms with Gasteiger partial charge in [-0.25, -0.2) is 0 Å². The maximum atomic E-state index is 11.3. The molecule has 2 heteroatoms. The second kappa shape index (κ2) is 5.81. The molecule has 0 aromatic heterocycles. The zero-order chi connectivity index (χ0) is 9.56. The lowest BCUT2D eigenvalue weighted by Crippen LogP contribution is -2.31. The molecule has 0 unspecified atom stereocenters. The van der Waals surface area contributed by atoms with Crippen molar-refractivity contribution in [3.05, 3.63) is 12.7 Å². The van der Waals surface area contributed by atoms with Gasteiger partial charge in [-0.2, -0.15) is 0 Å². The third-order valence-corrected chi connectivity index (χ3v) is 1.77. The Labute approximate surface area is 75.3 Å². The molecule has 0 aromatic carbocycles. The highest BCUT2D eigenvalue weighted by molar-refractivity contribution is 5.77. The number of hydrogen-bond donors (Lipinski definition) is 0. The lowest BCUT2D eigenvalue weighted by molar-refractivity contribution is -0.133. The monoisotopic (exact) mass is 169 g/mol. The average molecular weight is 169 g/mol. The minimum atomic E-state index is 0.110. The summed E-state index contributed by atoms with van der Waals surface area (Å²) in [6, 6.07) is 0. The van der Waals surface area contributed by atoms with Gasteiger partial charge < -0.3 is 4.90 Å². The fourth-order valence-electron chi connectivity index (χ4n) is 1.02. The van der Waals surface area contributed by atoms with E-state index in [1.54, 1.807) is 4.90 Å². The van der Waals surface area contributed by atoms with Gasteiger partial charge in [0.1, 0.15) is 0 Å². The molecule has 0 saturated carbocycles. The van der Waals surface area contributed by atoms with Crippen molar-refractivity contribution in [3.63, 3.8) is 0 Å². The van der Waals surface area contributed by atoms with E-state index < -0.39 is 0 Å². The normalized spacial score (nSPS) is 10.0. The highest BCUT2D eigenvalue weighted by Crippen LogP contribution is 2.00. The number of allylic oxidation sites excluding steroid dienone is 1. The molecule has 0 fully saturated rings. The fraction of sp³-hybridized carbons (Fsp3) is 0.700. The summed E-state index contributed by atoms with van der Waals surface area (Å²) in [4.78, 5) is 13.1. The molecule has 0 aliphatic rings. The van der Waals surface area contributed by atoms with Crippen LogP contribution in [-0.2, 0) is 4.79 Å². The standard InChI is InChI=1S/C10H19NO/c1-5-6-7-8-11(4)10(12)9(2)3/h5,9H,1,6-8H2,2-4H3. The van der Waals surface area contributed by atoms with E-state index in [2.05, 4.69) is 6.58 Å². The van der Waals surface area contributed by atoms with Crippen LogP contribution < -0.4 is 0 Å². The lowest BCUT2D eigenvalue weighted by Gasteiger charge is -2.18. The quantitative estimate of drug-likeness (QED) is 0.455. The molecule has 2 nitrogen and oxygen atoms in total. The smallest absolute Gasteiger partial charge is 0.224 e. The molecule has 70 valence electrons. The van der Waals surface area contributed by atoms with E-state index in [4.69, 9.17) is 0 Å². The molecule has 0 atom stereocenters. The summed E-state index contributed by atoms with van der Waals surface area (Å²) in [5, 5.41) is 0. The third-order valence-electron chi connectivity index (χ3n) is 1.77. The first-order chi connectivity index (χ1) is 5.59. The summed E-state index contributed by atoms with van der Waals surface area (Å²) in [5.41, 5.74) is 0. The Balaban J connectivity index is 3.64. The predicted octanol–water partition coefficient (Wildman–Crippen LogP) is 2.07. The molecule has 12 heavy (non-hydrogen) atoms. The van der Waals surface area contributed by atoms with E-state index in [0.29, 0.717) is 0 Å². The minimum Gasteiger partial charge on any atom is -0.346 e. The number of hydrogen-bond acceptors (Lipinski definition) is 1. The van der Waals surface area contributed by atoms with Crippen LogP contribution in [0.3, 0.4) is 0 Å². The van der Waals surface area contributed by atoms with E-state index in [1.807, 2.05) is 27.0 Å². The van der Waals surface area contributed by atoms with E-state index >= 15 is 0 Å². The van der Waals surface area contributed by atoms with Gasteiger partial charge in [0.05, 0.1) is 0 Å². The largest absolute Gasteiger partial charge is 0.346 e. The Morgan fingerprint density at radius 3 is 2.58 bits per heavy atom. The van der Waals surface area contributed by atoms with Crippen LogP contribution in [0.2, 0.25) is 0 Å². The van der Waals surface area contributed by atoms with Gasteiger partial charge in [0.15, 0.2) is 0 Å². The summed E-state index contributed by atoms with van der Waals surface area (Å²) < 4.78 is 0. The first-order valence-electron chi connectivity index (χ1n) is 4.45. The second-order valence-electron chi connectivity index (χ2n) is 3.35. The van der Waals surface area contributed by atoms with Crippen LogP contribution in [0.5, 0.6) is 0 Å². The van der Waals surface area contributed by atoms with Crippen molar-refractivity contribution in [2.75, 3.05) is 13.6 Å². The summed E-state index contributed by atoms with van der Waals surface area (Å²) in [6.45, 7) is 8.32. The zero-order valence-corrected chi connectivity index (χ0v) is 8.34. The van der Waals surface area contributed by atoms with E-state index in [0.717, 1.165) is 19.4 Å². The topological polar surface area (TPSA) is 20.3 Å². The predicted molar refractivity (Wildman–Crippen MR) is 51.9 cm³/mol. The Bertz CT molecular complexity index is 152. The average Bonchev–Trinajstić information content (AvgIpc) is 2.03. The van der Waals surface area contributed by atoms with Gasteiger partial charge in [0, 0.05) is 19.5 Å². The molecule has 0 saturated heterocycles. The van der Waals surface area contributed by atoms with Gasteiger partial charge in [0.2, 0.25) is 5.91 Å². The number of carbonyl (C=O) groups excluding carboxylic acids is 1. The summed E-state index contributed by atoms with van der Waals surface area (Å²) in [5.74, 6) is 0.331. The van der Waals surface area contributed by atoms with Crippen LogP contribution in [0.4, 0.5) is 0 Å². The highest BCUT2D eigenvalue weighted by Gasteiger charge is 2.11. The van der Waals surface area contributed by atoms with Crippen LogP contribution in [0.25, 0.3) is 0 Å². The van der Waals surface area contributed by atoms with Crippen LogP contribution in [-0.4, -0.2) is 24.4 Å². The second-order valence-corrected chi connectivity index (χ2v) is 3.35. The van der Waals surface area contributed by atoms with Gasteiger partial charge in [0.25, 0.3) is 0 Å². The van der Waals surface area contributed by atoms with Crippen molar-refractivity contribution in [2.24, 2.45) is 5.92 Å². The van der Waals surface area contributed by atoms with Crippen LogP contribution in [0, 0.1) is 5.92 Å². The Morgan fingerprint density at radius 1 is 1.58 bits per heavy atom. The zero-order valence-electron chi connectivity index (χ0n) is 8.34. The summed E-state index contributed by atoms with van der Waals surface area (Å²) >= 11 is 0. The molecule has 0 heterocycles. The molecule has 0 bridgehead atoms. The van der Waals surface area contributed by atoms with E-state index in [1.165, 1.54) is 0 Å². The van der Waals surface area contributed by atoms with Crippen molar-refractivity contribution in [1.82, 2.24) is 4.90 Å². The molecule has 0 N–H and O–H groups in total. The molecule has 0 radical (unpaired) electrons. The van der Waals surface area contributed by atoms with Crippen molar-refractivity contribution < 1.29 is 4.79 Å². The lowest BCUT2D eigenvalue weighted by atomic mass is 10.2. The number of nitrogens with zero attached hydrogens (tertiary/aromatic N) is 1. The molecular formula is C10H19NO. The Kier molecular flexibility index (Phi) is 5.43. The summed E-state index contributed by atoms with van der Waals surface area (Å²) in [7, 11) is 1.85. The van der Waals surface area contributed by atoms with Gasteiger partial charge in [-0.1, -0.05) is 19.9 Å². The maximum Gasteiger partial charge on any atom is 0.224 e. The van der Waals surface area contributed by atoms with Crippen LogP contribution in [0.1, 0.15) is 26.7 Å². The van der Waals surface area contributed by atoms with Crippen LogP contribution >= 0.6 is 0 Å². The molecule has 0 aliphatic carbocycles. The number of carbonyl (C=O) groups is 1. The first kappa shape index (κ1) is 11.2. The third kappa shape index (κ3) is 4.16. The molecule has 0 aromatic rings. The molecular weight excluding hydrogens is 150 g/mol. The fourth-order valence-corrected chi connectivity index (χ4v) is 1.02. The first-order valence-corrected chi connectivity index (χ1v) is 4.45. The molecule has 1 amide bonds. The van der Waals surface area contributed by atoms with Gasteiger partial charge in [-0.05, 0) is 12.8 Å². The van der Waals surface area contributed by atoms with Crippen LogP contribution in [0.15, 0.2) is 12.7 Å². The van der Waals surface area contributed by atoms with Gasteiger partial charge in [-0.15, -0.1) is 6.58 Å². The van der Waals surface area contributed by atoms with Crippen molar-refractivity contribution in [3.8, 4) is 0 Å². The minimum absolute atomic E-state index is 0.110. The van der Waals surface area contributed by atoms with Crippen molar-refractivity contribution in [1.29, 1.82) is 0 Å². The Morgan fingerprint density at radius 2 is 2.17 bits per heavy atom. The maximum absolute atomic E-state index is 11.3. The molecule has 0 rings (SSSR count). The van der Waals surface area contributed by atoms with Gasteiger partial charge in [-0.3, -0.25) is 4.79 Å². The number of amides is 1. The van der Waals surface area contributed by atoms with Gasteiger partial charge >= 0.3 is 0 Å². The van der Waals surface area contributed by atoms with Crippen molar-refractivity contribution >= 4 is 5.91 Å². The number of unbranched alkanes of at least 4 members (excludes halogenated alkanes) is 1. The highest BCUT2D eigenvalue weighted by atomic mass is 16.2. The molecule has 0 aliphatic heterocycles. The SMILES string of the molecule is C=CCCCN(C)C(=O)C(C)C. The Hall–Kier alpha value is -0.790. The van der Waals surface area contributed by atoms with Crippen molar-refractivity contribution in [2.45, 2.75) is 26.7 Å². The van der Waals surface area contributed by atoms with E-state index in [-0.39, 0.29) is 11.8 Å². The summed E-state index contributed by atoms with van der Waals surface area (Å²) in [6.07, 6.45) is 3.88. The van der Waals surface area contributed by atoms with E-state index in [9.17, 15) is 4.79 Å².